The fourth-order valence-electron chi connectivity index (χ4n) is 1.64. The summed E-state index contributed by atoms with van der Waals surface area (Å²) in [7, 11) is 0. The molecule has 2 heterocycles. The van der Waals surface area contributed by atoms with Crippen LogP contribution in [0.2, 0.25) is 0 Å². The summed E-state index contributed by atoms with van der Waals surface area (Å²) in [5, 5.41) is 16.1. The van der Waals surface area contributed by atoms with Crippen molar-refractivity contribution >= 4 is 29.0 Å². The van der Waals surface area contributed by atoms with Gasteiger partial charge in [0.25, 0.3) is 0 Å². The number of carbonyl (C=O) groups is 2. The molecule has 0 fully saturated rings. The first kappa shape index (κ1) is 14.0. The predicted molar refractivity (Wildman–Crippen MR) is 76.1 cm³/mol. The minimum Gasteiger partial charge on any atom is -0.476 e. The maximum absolute atomic E-state index is 11.9. The molecule has 0 bridgehead atoms. The zero-order valence-electron chi connectivity index (χ0n) is 10.7. The molecule has 7 heteroatoms. The van der Waals surface area contributed by atoms with Gasteiger partial charge in [-0.15, -0.1) is 11.3 Å². The number of hydrogen-bond acceptors (Lipinski definition) is 4. The summed E-state index contributed by atoms with van der Waals surface area (Å²) in [4.78, 5) is 27.6. The van der Waals surface area contributed by atoms with Crippen LogP contribution in [-0.2, 0) is 0 Å². The standard InChI is InChI=1S/C13H13N3O3S/c1-8(10-5-3-7-20-10)15-13(19)16-9-4-2-6-14-11(9)12(17)18/h2-8H,1H3,(H,17,18)(H2,15,16,19). The topological polar surface area (TPSA) is 91.3 Å². The second-order valence-electron chi connectivity index (χ2n) is 4.04. The van der Waals surface area contributed by atoms with Crippen molar-refractivity contribution in [2.75, 3.05) is 5.32 Å². The second kappa shape index (κ2) is 6.16. The van der Waals surface area contributed by atoms with Crippen molar-refractivity contribution in [3.05, 3.63) is 46.4 Å². The van der Waals surface area contributed by atoms with Gasteiger partial charge in [-0.05, 0) is 30.5 Å². The number of pyridine rings is 1. The first-order valence-electron chi connectivity index (χ1n) is 5.87. The molecule has 0 saturated heterocycles. The maximum Gasteiger partial charge on any atom is 0.356 e. The monoisotopic (exact) mass is 291 g/mol. The fourth-order valence-corrected chi connectivity index (χ4v) is 2.37. The smallest absolute Gasteiger partial charge is 0.356 e. The van der Waals surface area contributed by atoms with Crippen LogP contribution < -0.4 is 10.6 Å². The number of thiophene rings is 1. The van der Waals surface area contributed by atoms with E-state index in [4.69, 9.17) is 5.11 Å². The lowest BCUT2D eigenvalue weighted by atomic mass is 10.3. The number of nitrogens with one attached hydrogen (secondary N) is 2. The summed E-state index contributed by atoms with van der Waals surface area (Å²) in [6.07, 6.45) is 1.36. The number of urea groups is 1. The molecular weight excluding hydrogens is 278 g/mol. The average molecular weight is 291 g/mol. The Bertz CT molecular complexity index is 613. The summed E-state index contributed by atoms with van der Waals surface area (Å²) >= 11 is 1.54. The van der Waals surface area contributed by atoms with Crippen LogP contribution in [0.5, 0.6) is 0 Å². The Morgan fingerprint density at radius 1 is 1.35 bits per heavy atom. The van der Waals surface area contributed by atoms with Crippen LogP contribution in [0.3, 0.4) is 0 Å². The third kappa shape index (κ3) is 3.33. The Kier molecular flexibility index (Phi) is 4.31. The van der Waals surface area contributed by atoms with E-state index in [0.29, 0.717) is 0 Å². The van der Waals surface area contributed by atoms with E-state index in [1.165, 1.54) is 23.6 Å². The number of hydrogen-bond donors (Lipinski definition) is 3. The van der Waals surface area contributed by atoms with Gasteiger partial charge < -0.3 is 15.7 Å². The summed E-state index contributed by atoms with van der Waals surface area (Å²) in [6.45, 7) is 1.85. The van der Waals surface area contributed by atoms with Gasteiger partial charge in [0.2, 0.25) is 0 Å². The predicted octanol–water partition coefficient (Wildman–Crippen LogP) is 2.72. The Morgan fingerprint density at radius 2 is 2.15 bits per heavy atom. The highest BCUT2D eigenvalue weighted by atomic mass is 32.1. The number of nitrogens with zero attached hydrogens (tertiary/aromatic N) is 1. The molecule has 0 radical (unpaired) electrons. The zero-order chi connectivity index (χ0) is 14.5. The van der Waals surface area contributed by atoms with Gasteiger partial charge in [0.15, 0.2) is 5.69 Å². The van der Waals surface area contributed by atoms with Crippen LogP contribution in [0.4, 0.5) is 10.5 Å². The van der Waals surface area contributed by atoms with Crippen molar-refractivity contribution in [1.82, 2.24) is 10.3 Å². The first-order valence-corrected chi connectivity index (χ1v) is 6.75. The molecule has 0 aromatic carbocycles. The molecule has 2 rings (SSSR count). The number of anilines is 1. The van der Waals surface area contributed by atoms with Crippen molar-refractivity contribution in [3.63, 3.8) is 0 Å². The molecular formula is C13H13N3O3S. The Labute approximate surface area is 119 Å². The van der Waals surface area contributed by atoms with E-state index < -0.39 is 12.0 Å². The average Bonchev–Trinajstić information content (AvgIpc) is 2.92. The lowest BCUT2D eigenvalue weighted by molar-refractivity contribution is 0.0692. The van der Waals surface area contributed by atoms with Gasteiger partial charge in [-0.1, -0.05) is 6.07 Å². The number of aromatic carboxylic acids is 1. The van der Waals surface area contributed by atoms with Gasteiger partial charge >= 0.3 is 12.0 Å². The van der Waals surface area contributed by atoms with E-state index >= 15 is 0 Å². The molecule has 2 aromatic heterocycles. The summed E-state index contributed by atoms with van der Waals surface area (Å²) < 4.78 is 0. The molecule has 6 nitrogen and oxygen atoms in total. The minimum absolute atomic E-state index is 0.153. The molecule has 104 valence electrons. The van der Waals surface area contributed by atoms with E-state index in [9.17, 15) is 9.59 Å². The third-order valence-electron chi connectivity index (χ3n) is 2.58. The number of carboxylic acid groups (broad SMARTS) is 1. The first-order chi connectivity index (χ1) is 9.58. The van der Waals surface area contributed by atoms with Crippen molar-refractivity contribution in [1.29, 1.82) is 0 Å². The molecule has 2 amide bonds. The van der Waals surface area contributed by atoms with E-state index in [2.05, 4.69) is 15.6 Å². The van der Waals surface area contributed by atoms with Crippen molar-refractivity contribution < 1.29 is 14.7 Å². The van der Waals surface area contributed by atoms with Crippen LogP contribution in [0, 0.1) is 0 Å². The third-order valence-corrected chi connectivity index (χ3v) is 3.63. The SMILES string of the molecule is CC(NC(=O)Nc1cccnc1C(=O)O)c1cccs1. The lowest BCUT2D eigenvalue weighted by Gasteiger charge is -2.13. The van der Waals surface area contributed by atoms with Gasteiger partial charge in [-0.3, -0.25) is 0 Å². The van der Waals surface area contributed by atoms with E-state index in [1.54, 1.807) is 6.07 Å². The van der Waals surface area contributed by atoms with Crippen LogP contribution in [0.25, 0.3) is 0 Å². The van der Waals surface area contributed by atoms with Crippen LogP contribution >= 0.6 is 11.3 Å². The Balaban J connectivity index is 2.03. The normalized spacial score (nSPS) is 11.7. The number of carboxylic acids is 1. The molecule has 0 saturated carbocycles. The highest BCUT2D eigenvalue weighted by molar-refractivity contribution is 7.10. The van der Waals surface area contributed by atoms with Gasteiger partial charge in [-0.25, -0.2) is 14.6 Å². The molecule has 0 spiro atoms. The molecule has 1 unspecified atom stereocenters. The summed E-state index contributed by atoms with van der Waals surface area (Å²) in [5.41, 5.74) is -0.0256. The Morgan fingerprint density at radius 3 is 2.80 bits per heavy atom. The zero-order valence-corrected chi connectivity index (χ0v) is 11.5. The molecule has 1 atom stereocenters. The van der Waals surface area contributed by atoms with Crippen molar-refractivity contribution in [3.8, 4) is 0 Å². The lowest BCUT2D eigenvalue weighted by Crippen LogP contribution is -2.31. The van der Waals surface area contributed by atoms with Crippen LogP contribution in [-0.4, -0.2) is 22.1 Å². The number of carbonyl (C=O) groups excluding carboxylic acids is 1. The molecule has 0 aliphatic carbocycles. The van der Waals surface area contributed by atoms with Crippen LogP contribution in [0.15, 0.2) is 35.8 Å². The second-order valence-corrected chi connectivity index (χ2v) is 5.02. The molecule has 0 aliphatic heterocycles. The molecule has 3 N–H and O–H groups in total. The highest BCUT2D eigenvalue weighted by Gasteiger charge is 2.15. The van der Waals surface area contributed by atoms with E-state index in [0.717, 1.165) is 4.88 Å². The van der Waals surface area contributed by atoms with Gasteiger partial charge in [0.1, 0.15) is 0 Å². The molecule has 20 heavy (non-hydrogen) atoms. The highest BCUT2D eigenvalue weighted by Crippen LogP contribution is 2.18. The molecule has 2 aromatic rings. The minimum atomic E-state index is -1.19. The summed E-state index contributed by atoms with van der Waals surface area (Å²) in [5.74, 6) is -1.19. The number of rotatable bonds is 4. The quantitative estimate of drug-likeness (QED) is 0.807. The number of aromatic nitrogens is 1. The number of amides is 2. The van der Waals surface area contributed by atoms with Crippen molar-refractivity contribution in [2.24, 2.45) is 0 Å². The Hall–Kier alpha value is -2.41. The van der Waals surface area contributed by atoms with E-state index in [1.807, 2.05) is 24.4 Å². The van der Waals surface area contributed by atoms with E-state index in [-0.39, 0.29) is 17.4 Å². The van der Waals surface area contributed by atoms with Crippen LogP contribution in [0.1, 0.15) is 28.3 Å². The fraction of sp³-hybridized carbons (Fsp3) is 0.154. The largest absolute Gasteiger partial charge is 0.476 e. The summed E-state index contributed by atoms with van der Waals surface area (Å²) in [6, 6.07) is 6.25. The van der Waals surface area contributed by atoms with Gasteiger partial charge in [0, 0.05) is 11.1 Å². The van der Waals surface area contributed by atoms with Gasteiger partial charge in [-0.2, -0.15) is 0 Å². The maximum atomic E-state index is 11.9. The van der Waals surface area contributed by atoms with Crippen molar-refractivity contribution in [2.45, 2.75) is 13.0 Å². The molecule has 0 aliphatic rings. The van der Waals surface area contributed by atoms with Gasteiger partial charge in [0.05, 0.1) is 11.7 Å².